The van der Waals surface area contributed by atoms with Crippen molar-refractivity contribution in [3.63, 3.8) is 0 Å². The number of fused-ring (bicyclic) bond motifs is 1. The van der Waals surface area contributed by atoms with Crippen LogP contribution in [-0.4, -0.2) is 57.4 Å². The second-order valence-corrected chi connectivity index (χ2v) is 7.28. The molecule has 2 aromatic heterocycles. The molecule has 2 fully saturated rings. The molecule has 6 nitrogen and oxygen atoms in total. The van der Waals surface area contributed by atoms with E-state index in [4.69, 9.17) is 0 Å². The van der Waals surface area contributed by atoms with Crippen molar-refractivity contribution in [2.75, 3.05) is 31.1 Å². The number of aryl methyl sites for hydroxylation is 1. The highest BCUT2D eigenvalue weighted by atomic mass is 19.3. The summed E-state index contributed by atoms with van der Waals surface area (Å²) in [5.41, 5.74) is 1.64. The number of imidazole rings is 1. The van der Waals surface area contributed by atoms with E-state index in [1.807, 2.05) is 23.7 Å². The lowest BCUT2D eigenvalue weighted by Gasteiger charge is -2.38. The molecule has 4 heterocycles. The number of amides is 1. The number of hydrogen-bond acceptors (Lipinski definition) is 4. The predicted octanol–water partition coefficient (Wildman–Crippen LogP) is 2.44. The molecule has 0 aromatic carbocycles. The summed E-state index contributed by atoms with van der Waals surface area (Å²) < 4.78 is 28.6. The van der Waals surface area contributed by atoms with E-state index in [1.54, 1.807) is 11.1 Å². The first kappa shape index (κ1) is 17.2. The van der Waals surface area contributed by atoms with Gasteiger partial charge in [-0.3, -0.25) is 9.36 Å². The standard InChI is InChI=1S/C18H23F2N5O/c1-23-15-14(5-2-8-21-15)22-17(23)25-9-3-4-13(12-25)16(26)24-10-6-18(19,20)7-11-24/h2,5,8,13H,3-4,6-7,9-12H2,1H3. The van der Waals surface area contributed by atoms with Crippen LogP contribution >= 0.6 is 0 Å². The lowest BCUT2D eigenvalue weighted by atomic mass is 9.95. The molecule has 1 atom stereocenters. The average molecular weight is 363 g/mol. The number of aromatic nitrogens is 3. The van der Waals surface area contributed by atoms with E-state index in [1.165, 1.54) is 0 Å². The lowest BCUT2D eigenvalue weighted by molar-refractivity contribution is -0.141. The van der Waals surface area contributed by atoms with Gasteiger partial charge < -0.3 is 9.80 Å². The maximum absolute atomic E-state index is 13.3. The summed E-state index contributed by atoms with van der Waals surface area (Å²) in [6.07, 6.45) is 2.96. The fourth-order valence-electron chi connectivity index (χ4n) is 3.97. The van der Waals surface area contributed by atoms with Gasteiger partial charge >= 0.3 is 0 Å². The number of alkyl halides is 2. The number of piperidine rings is 2. The fraction of sp³-hybridized carbons (Fsp3) is 0.611. The molecule has 0 radical (unpaired) electrons. The molecule has 2 aliphatic rings. The number of carbonyl (C=O) groups excluding carboxylic acids is 1. The Balaban J connectivity index is 1.49. The first-order valence-corrected chi connectivity index (χ1v) is 9.14. The molecule has 0 spiro atoms. The minimum absolute atomic E-state index is 0.00193. The molecule has 1 amide bonds. The van der Waals surface area contributed by atoms with Crippen molar-refractivity contribution in [3.8, 4) is 0 Å². The summed E-state index contributed by atoms with van der Waals surface area (Å²) >= 11 is 0. The molecule has 0 bridgehead atoms. The Labute approximate surface area is 150 Å². The van der Waals surface area contributed by atoms with E-state index < -0.39 is 5.92 Å². The maximum atomic E-state index is 13.3. The van der Waals surface area contributed by atoms with Crippen LogP contribution in [0.2, 0.25) is 0 Å². The number of hydrogen-bond donors (Lipinski definition) is 0. The molecule has 2 aliphatic heterocycles. The molecule has 26 heavy (non-hydrogen) atoms. The summed E-state index contributed by atoms with van der Waals surface area (Å²) in [5.74, 6) is -1.98. The Morgan fingerprint density at radius 2 is 2.04 bits per heavy atom. The van der Waals surface area contributed by atoms with Gasteiger partial charge in [-0.2, -0.15) is 0 Å². The Hall–Kier alpha value is -2.25. The quantitative estimate of drug-likeness (QED) is 0.822. The van der Waals surface area contributed by atoms with Crippen LogP contribution < -0.4 is 4.90 Å². The number of rotatable bonds is 2. The largest absolute Gasteiger partial charge is 0.342 e. The maximum Gasteiger partial charge on any atom is 0.251 e. The van der Waals surface area contributed by atoms with Gasteiger partial charge in [0.15, 0.2) is 5.65 Å². The topological polar surface area (TPSA) is 54.3 Å². The second-order valence-electron chi connectivity index (χ2n) is 7.28. The zero-order valence-electron chi connectivity index (χ0n) is 14.9. The van der Waals surface area contributed by atoms with Crippen LogP contribution in [0.3, 0.4) is 0 Å². The van der Waals surface area contributed by atoms with Crippen molar-refractivity contribution in [3.05, 3.63) is 18.3 Å². The van der Waals surface area contributed by atoms with Crippen molar-refractivity contribution in [2.24, 2.45) is 13.0 Å². The average Bonchev–Trinajstić information content (AvgIpc) is 2.98. The third-order valence-corrected chi connectivity index (χ3v) is 5.46. The number of anilines is 1. The minimum atomic E-state index is -2.63. The molecule has 2 saturated heterocycles. The van der Waals surface area contributed by atoms with Crippen LogP contribution in [0.25, 0.3) is 11.2 Å². The summed E-state index contributed by atoms with van der Waals surface area (Å²) in [6.45, 7) is 1.71. The molecule has 4 rings (SSSR count). The number of halogens is 2. The first-order valence-electron chi connectivity index (χ1n) is 9.14. The van der Waals surface area contributed by atoms with E-state index in [2.05, 4.69) is 14.9 Å². The zero-order valence-corrected chi connectivity index (χ0v) is 14.9. The molecule has 0 aliphatic carbocycles. The molecular formula is C18H23F2N5O. The predicted molar refractivity (Wildman–Crippen MR) is 94.2 cm³/mol. The normalized spacial score (nSPS) is 23.4. The van der Waals surface area contributed by atoms with E-state index in [0.29, 0.717) is 6.54 Å². The Kier molecular flexibility index (Phi) is 4.28. The van der Waals surface area contributed by atoms with Crippen molar-refractivity contribution in [1.82, 2.24) is 19.4 Å². The molecule has 0 saturated carbocycles. The Morgan fingerprint density at radius 1 is 1.27 bits per heavy atom. The molecule has 1 unspecified atom stereocenters. The summed E-state index contributed by atoms with van der Waals surface area (Å²) in [7, 11) is 1.93. The van der Waals surface area contributed by atoms with Crippen LogP contribution in [0.4, 0.5) is 14.7 Å². The van der Waals surface area contributed by atoms with Crippen LogP contribution in [0.1, 0.15) is 25.7 Å². The fourth-order valence-corrected chi connectivity index (χ4v) is 3.97. The van der Waals surface area contributed by atoms with Crippen molar-refractivity contribution in [2.45, 2.75) is 31.6 Å². The highest BCUT2D eigenvalue weighted by molar-refractivity contribution is 5.80. The van der Waals surface area contributed by atoms with E-state index >= 15 is 0 Å². The number of carbonyl (C=O) groups is 1. The lowest BCUT2D eigenvalue weighted by Crippen LogP contribution is -2.49. The molecular weight excluding hydrogens is 340 g/mol. The summed E-state index contributed by atoms with van der Waals surface area (Å²) in [6, 6.07) is 3.78. The number of likely N-dealkylation sites (tertiary alicyclic amines) is 1. The highest BCUT2D eigenvalue weighted by Gasteiger charge is 2.38. The summed E-state index contributed by atoms with van der Waals surface area (Å²) in [4.78, 5) is 25.6. The van der Waals surface area contributed by atoms with Gasteiger partial charge in [-0.05, 0) is 25.0 Å². The summed E-state index contributed by atoms with van der Waals surface area (Å²) in [5, 5.41) is 0. The van der Waals surface area contributed by atoms with Crippen LogP contribution in [0.5, 0.6) is 0 Å². The minimum Gasteiger partial charge on any atom is -0.342 e. The van der Waals surface area contributed by atoms with Gasteiger partial charge in [-0.15, -0.1) is 0 Å². The molecule has 140 valence electrons. The van der Waals surface area contributed by atoms with Crippen molar-refractivity contribution in [1.29, 1.82) is 0 Å². The SMILES string of the molecule is Cn1c(N2CCCC(C(=O)N3CCC(F)(F)CC3)C2)nc2cccnc21. The van der Waals surface area contributed by atoms with Gasteiger partial charge in [0.25, 0.3) is 5.92 Å². The van der Waals surface area contributed by atoms with Gasteiger partial charge in [-0.25, -0.2) is 18.7 Å². The zero-order chi connectivity index (χ0) is 18.3. The van der Waals surface area contributed by atoms with Gasteiger partial charge in [0.2, 0.25) is 11.9 Å². The number of pyridine rings is 1. The Bertz CT molecular complexity index is 811. The van der Waals surface area contributed by atoms with Crippen molar-refractivity contribution < 1.29 is 13.6 Å². The first-order chi connectivity index (χ1) is 12.4. The van der Waals surface area contributed by atoms with Crippen molar-refractivity contribution >= 4 is 23.0 Å². The van der Waals surface area contributed by atoms with Gasteiger partial charge in [0, 0.05) is 52.3 Å². The third-order valence-electron chi connectivity index (χ3n) is 5.46. The second kappa shape index (κ2) is 6.48. The number of nitrogens with zero attached hydrogens (tertiary/aromatic N) is 5. The smallest absolute Gasteiger partial charge is 0.251 e. The van der Waals surface area contributed by atoms with Gasteiger partial charge in [0.1, 0.15) is 5.52 Å². The van der Waals surface area contributed by atoms with Gasteiger partial charge in [0.05, 0.1) is 5.92 Å². The van der Waals surface area contributed by atoms with E-state index in [0.717, 1.165) is 36.5 Å². The molecule has 0 N–H and O–H groups in total. The van der Waals surface area contributed by atoms with E-state index in [9.17, 15) is 13.6 Å². The monoisotopic (exact) mass is 363 g/mol. The van der Waals surface area contributed by atoms with E-state index in [-0.39, 0.29) is 37.8 Å². The van der Waals surface area contributed by atoms with Gasteiger partial charge in [-0.1, -0.05) is 0 Å². The molecule has 8 heteroatoms. The Morgan fingerprint density at radius 3 is 2.77 bits per heavy atom. The van der Waals surface area contributed by atoms with Crippen LogP contribution in [-0.2, 0) is 11.8 Å². The highest BCUT2D eigenvalue weighted by Crippen LogP contribution is 2.30. The third kappa shape index (κ3) is 3.12. The molecule has 2 aromatic rings. The van der Waals surface area contributed by atoms with Crippen LogP contribution in [0.15, 0.2) is 18.3 Å². The van der Waals surface area contributed by atoms with Crippen LogP contribution in [0, 0.1) is 5.92 Å².